The topological polar surface area (TPSA) is 62.2 Å². The van der Waals surface area contributed by atoms with Gasteiger partial charge in [-0.25, -0.2) is 4.98 Å². The predicted octanol–water partition coefficient (Wildman–Crippen LogP) is 2.93. The lowest BCUT2D eigenvalue weighted by Gasteiger charge is -2.13. The molecule has 0 saturated carbocycles. The average molecular weight is 290 g/mol. The molecule has 0 fully saturated rings. The fourth-order valence-electron chi connectivity index (χ4n) is 1.99. The molecule has 1 aromatic heterocycles. The third kappa shape index (κ3) is 3.88. The molecule has 5 heteroatoms. The summed E-state index contributed by atoms with van der Waals surface area (Å²) in [7, 11) is 0. The van der Waals surface area contributed by atoms with Crippen LogP contribution in [0.15, 0.2) is 30.5 Å². The van der Waals surface area contributed by atoms with Crippen LogP contribution >= 0.6 is 11.3 Å². The van der Waals surface area contributed by atoms with Gasteiger partial charge in [-0.3, -0.25) is 4.79 Å². The number of carbonyl (C=O) groups is 1. The fraction of sp³-hybridized carbons (Fsp3) is 0.333. The van der Waals surface area contributed by atoms with Crippen LogP contribution in [0.25, 0.3) is 0 Å². The van der Waals surface area contributed by atoms with Gasteiger partial charge < -0.3 is 10.4 Å². The number of nitrogens with one attached hydrogen (secondary N) is 1. The Morgan fingerprint density at radius 3 is 2.70 bits per heavy atom. The number of carboxylic acids is 1. The van der Waals surface area contributed by atoms with Crippen molar-refractivity contribution in [1.82, 2.24) is 10.3 Å². The summed E-state index contributed by atoms with van der Waals surface area (Å²) in [4.78, 5) is 16.4. The van der Waals surface area contributed by atoms with Gasteiger partial charge in [-0.2, -0.15) is 0 Å². The minimum absolute atomic E-state index is 0.0581. The van der Waals surface area contributed by atoms with E-state index in [2.05, 4.69) is 17.2 Å². The Morgan fingerprint density at radius 1 is 1.40 bits per heavy atom. The van der Waals surface area contributed by atoms with Crippen LogP contribution in [0.3, 0.4) is 0 Å². The van der Waals surface area contributed by atoms with Crippen molar-refractivity contribution in [3.63, 3.8) is 0 Å². The van der Waals surface area contributed by atoms with Crippen LogP contribution in [0.2, 0.25) is 0 Å². The van der Waals surface area contributed by atoms with Crippen molar-refractivity contribution in [1.29, 1.82) is 0 Å². The maximum Gasteiger partial charge on any atom is 0.307 e. The maximum atomic E-state index is 10.9. The van der Waals surface area contributed by atoms with E-state index in [9.17, 15) is 4.79 Å². The quantitative estimate of drug-likeness (QED) is 0.858. The molecule has 2 aromatic rings. The van der Waals surface area contributed by atoms with E-state index in [0.29, 0.717) is 6.54 Å². The van der Waals surface area contributed by atoms with E-state index in [4.69, 9.17) is 5.11 Å². The lowest BCUT2D eigenvalue weighted by molar-refractivity contribution is -0.136. The third-order valence-electron chi connectivity index (χ3n) is 3.07. The zero-order valence-electron chi connectivity index (χ0n) is 11.6. The molecule has 106 valence electrons. The number of aliphatic carboxylic acids is 1. The summed E-state index contributed by atoms with van der Waals surface area (Å²) in [5.74, 6) is -0.805. The second kappa shape index (κ2) is 6.63. The predicted molar refractivity (Wildman–Crippen MR) is 79.9 cm³/mol. The Morgan fingerprint density at radius 2 is 2.10 bits per heavy atom. The van der Waals surface area contributed by atoms with E-state index in [1.165, 1.54) is 4.88 Å². The van der Waals surface area contributed by atoms with Crippen LogP contribution in [-0.4, -0.2) is 16.1 Å². The molecular formula is C15H18N2O2S. The summed E-state index contributed by atoms with van der Waals surface area (Å²) in [6, 6.07) is 7.79. The molecule has 0 saturated heterocycles. The van der Waals surface area contributed by atoms with E-state index >= 15 is 0 Å². The second-order valence-electron chi connectivity index (χ2n) is 4.75. The van der Waals surface area contributed by atoms with Crippen molar-refractivity contribution in [3.05, 3.63) is 51.5 Å². The molecule has 0 spiro atoms. The minimum atomic E-state index is -0.805. The van der Waals surface area contributed by atoms with Crippen molar-refractivity contribution in [2.24, 2.45) is 0 Å². The first-order chi connectivity index (χ1) is 9.56. The zero-order chi connectivity index (χ0) is 14.5. The SMILES string of the molecule is Cc1cnc(C(C)NCc2ccccc2CC(=O)O)s1. The van der Waals surface area contributed by atoms with Crippen LogP contribution in [0.4, 0.5) is 0 Å². The van der Waals surface area contributed by atoms with Gasteiger partial charge in [0.05, 0.1) is 12.5 Å². The van der Waals surface area contributed by atoms with Crippen LogP contribution < -0.4 is 5.32 Å². The molecule has 1 atom stereocenters. The molecule has 2 rings (SSSR count). The zero-order valence-corrected chi connectivity index (χ0v) is 12.4. The Hall–Kier alpha value is -1.72. The second-order valence-corrected chi connectivity index (χ2v) is 6.02. The van der Waals surface area contributed by atoms with Gasteiger partial charge in [-0.15, -0.1) is 11.3 Å². The smallest absolute Gasteiger partial charge is 0.307 e. The summed E-state index contributed by atoms with van der Waals surface area (Å²) in [5, 5.41) is 13.4. The molecule has 0 amide bonds. The molecule has 0 bridgehead atoms. The average Bonchev–Trinajstić information content (AvgIpc) is 2.83. The Labute approximate surface area is 122 Å². The highest BCUT2D eigenvalue weighted by atomic mass is 32.1. The van der Waals surface area contributed by atoms with E-state index in [-0.39, 0.29) is 12.5 Å². The molecule has 0 aliphatic rings. The highest BCUT2D eigenvalue weighted by Crippen LogP contribution is 2.20. The molecule has 1 aromatic carbocycles. The van der Waals surface area contributed by atoms with Gasteiger partial charge in [0, 0.05) is 17.6 Å². The first-order valence-corrected chi connectivity index (χ1v) is 7.32. The van der Waals surface area contributed by atoms with Crippen LogP contribution in [0.5, 0.6) is 0 Å². The first kappa shape index (κ1) is 14.7. The van der Waals surface area contributed by atoms with Crippen molar-refractivity contribution < 1.29 is 9.90 Å². The number of nitrogens with zero attached hydrogens (tertiary/aromatic N) is 1. The van der Waals surface area contributed by atoms with Gasteiger partial charge in [-0.05, 0) is 25.0 Å². The van der Waals surface area contributed by atoms with Gasteiger partial charge in [0.1, 0.15) is 5.01 Å². The number of hydrogen-bond acceptors (Lipinski definition) is 4. The lowest BCUT2D eigenvalue weighted by Crippen LogP contribution is -2.19. The molecule has 1 unspecified atom stereocenters. The van der Waals surface area contributed by atoms with E-state index in [1.807, 2.05) is 37.4 Å². The molecule has 1 heterocycles. The Balaban J connectivity index is 2.01. The van der Waals surface area contributed by atoms with Crippen LogP contribution in [0, 0.1) is 6.92 Å². The molecule has 4 nitrogen and oxygen atoms in total. The number of hydrogen-bond donors (Lipinski definition) is 2. The van der Waals surface area contributed by atoms with Crippen molar-refractivity contribution in [2.75, 3.05) is 0 Å². The third-order valence-corrected chi connectivity index (χ3v) is 4.16. The van der Waals surface area contributed by atoms with Crippen LogP contribution in [-0.2, 0) is 17.8 Å². The summed E-state index contributed by atoms with van der Waals surface area (Å²) >= 11 is 1.68. The lowest BCUT2D eigenvalue weighted by atomic mass is 10.0. The molecular weight excluding hydrogens is 272 g/mol. The summed E-state index contributed by atoms with van der Waals surface area (Å²) in [5.41, 5.74) is 1.88. The van der Waals surface area contributed by atoms with Gasteiger partial charge >= 0.3 is 5.97 Å². The largest absolute Gasteiger partial charge is 0.481 e. The van der Waals surface area contributed by atoms with E-state index in [0.717, 1.165) is 16.1 Å². The molecule has 2 N–H and O–H groups in total. The first-order valence-electron chi connectivity index (χ1n) is 6.50. The number of aryl methyl sites for hydroxylation is 1. The van der Waals surface area contributed by atoms with Gasteiger partial charge in [0.2, 0.25) is 0 Å². The van der Waals surface area contributed by atoms with Crippen LogP contribution in [0.1, 0.15) is 34.0 Å². The standard InChI is InChI=1S/C15H18N2O2S/c1-10-8-17-15(20-10)11(2)16-9-13-6-4-3-5-12(13)7-14(18)19/h3-6,8,11,16H,7,9H2,1-2H3,(H,18,19). The van der Waals surface area contributed by atoms with Crippen molar-refractivity contribution in [2.45, 2.75) is 32.9 Å². The minimum Gasteiger partial charge on any atom is -0.481 e. The van der Waals surface area contributed by atoms with Gasteiger partial charge in [0.25, 0.3) is 0 Å². The number of benzene rings is 1. The number of aromatic nitrogens is 1. The Bertz CT molecular complexity index is 595. The van der Waals surface area contributed by atoms with Crippen molar-refractivity contribution >= 4 is 17.3 Å². The Kier molecular flexibility index (Phi) is 4.87. The molecule has 20 heavy (non-hydrogen) atoms. The normalized spacial score (nSPS) is 12.3. The molecule has 0 aliphatic heterocycles. The fourth-order valence-corrected chi connectivity index (χ4v) is 2.79. The van der Waals surface area contributed by atoms with Crippen molar-refractivity contribution in [3.8, 4) is 0 Å². The number of carboxylic acid groups (broad SMARTS) is 1. The molecule has 0 radical (unpaired) electrons. The highest BCUT2D eigenvalue weighted by molar-refractivity contribution is 7.11. The number of rotatable bonds is 6. The number of thiazole rings is 1. The van der Waals surface area contributed by atoms with E-state index < -0.39 is 5.97 Å². The monoisotopic (exact) mass is 290 g/mol. The van der Waals surface area contributed by atoms with Gasteiger partial charge in [-0.1, -0.05) is 24.3 Å². The van der Waals surface area contributed by atoms with E-state index in [1.54, 1.807) is 11.3 Å². The highest BCUT2D eigenvalue weighted by Gasteiger charge is 2.11. The van der Waals surface area contributed by atoms with Gasteiger partial charge in [0.15, 0.2) is 0 Å². The summed E-state index contributed by atoms with van der Waals surface area (Å²) in [6.45, 7) is 4.75. The maximum absolute atomic E-state index is 10.9. The summed E-state index contributed by atoms with van der Waals surface area (Å²) in [6.07, 6.45) is 1.93. The molecule has 0 aliphatic carbocycles. The summed E-state index contributed by atoms with van der Waals surface area (Å²) < 4.78 is 0.